The van der Waals surface area contributed by atoms with Crippen molar-refractivity contribution in [1.29, 1.82) is 0 Å². The number of nitrogens with two attached hydrogens (primary N) is 1. The average Bonchev–Trinajstić information content (AvgIpc) is 2.69. The van der Waals surface area contributed by atoms with Gasteiger partial charge in [-0.05, 0) is 22.0 Å². The Morgan fingerprint density at radius 3 is 3.06 bits per heavy atom. The molecule has 0 unspecified atom stereocenters. The van der Waals surface area contributed by atoms with E-state index < -0.39 is 0 Å². The first-order valence-corrected chi connectivity index (χ1v) is 6.40. The Balaban J connectivity index is 2.40. The molecule has 5 nitrogen and oxygen atoms in total. The zero-order valence-corrected chi connectivity index (χ0v) is 11.4. The van der Waals surface area contributed by atoms with Crippen LogP contribution in [0.2, 0.25) is 0 Å². The van der Waals surface area contributed by atoms with Crippen molar-refractivity contribution >= 4 is 33.2 Å². The first-order valence-electron chi connectivity index (χ1n) is 4.73. The molecule has 0 aliphatic heterocycles. The normalized spacial score (nSPS) is 11.6. The zero-order chi connectivity index (χ0) is 11.8. The number of ether oxygens (including phenoxy) is 1. The van der Waals surface area contributed by atoms with Gasteiger partial charge in [0, 0.05) is 28.4 Å². The second-order valence-corrected chi connectivity index (χ2v) is 4.87. The second-order valence-electron chi connectivity index (χ2n) is 2.96. The van der Waals surface area contributed by atoms with Crippen LogP contribution in [0, 0.1) is 0 Å². The fraction of sp³-hybridized carbons (Fsp3) is 0.444. The minimum absolute atomic E-state index is 0.571. The minimum atomic E-state index is 0.571. The summed E-state index contributed by atoms with van der Waals surface area (Å²) in [6, 6.07) is 2.04. The van der Waals surface area contributed by atoms with E-state index in [1.807, 2.05) is 11.4 Å². The average molecular weight is 307 g/mol. The summed E-state index contributed by atoms with van der Waals surface area (Å²) in [5.41, 5.74) is 2.51. The van der Waals surface area contributed by atoms with Crippen molar-refractivity contribution in [2.45, 2.75) is 6.54 Å². The molecule has 1 heterocycles. The van der Waals surface area contributed by atoms with Crippen LogP contribution in [-0.2, 0) is 11.3 Å². The van der Waals surface area contributed by atoms with Gasteiger partial charge in [0.25, 0.3) is 0 Å². The molecule has 0 saturated heterocycles. The lowest BCUT2D eigenvalue weighted by Gasteiger charge is -2.07. The van der Waals surface area contributed by atoms with E-state index in [1.165, 1.54) is 4.88 Å². The Morgan fingerprint density at radius 2 is 2.50 bits per heavy atom. The van der Waals surface area contributed by atoms with Gasteiger partial charge in [0.2, 0.25) is 5.96 Å². The maximum absolute atomic E-state index is 5.33. The lowest BCUT2D eigenvalue weighted by molar-refractivity contribution is 0.203. The number of rotatable bonds is 5. The summed E-state index contributed by atoms with van der Waals surface area (Å²) >= 11 is 5.05. The van der Waals surface area contributed by atoms with Crippen molar-refractivity contribution in [2.75, 3.05) is 20.3 Å². The Hall–Kier alpha value is -0.630. The number of halogens is 1. The summed E-state index contributed by atoms with van der Waals surface area (Å²) < 4.78 is 5.99. The van der Waals surface area contributed by atoms with Crippen LogP contribution in [0.5, 0.6) is 0 Å². The van der Waals surface area contributed by atoms with Gasteiger partial charge < -0.3 is 10.1 Å². The number of aliphatic imine (C=N–C) groups is 1. The molecule has 1 aromatic heterocycles. The Bertz CT molecular complexity index is 342. The van der Waals surface area contributed by atoms with E-state index in [0.29, 0.717) is 25.7 Å². The van der Waals surface area contributed by atoms with Gasteiger partial charge in [-0.25, -0.2) is 10.8 Å². The van der Waals surface area contributed by atoms with E-state index in [-0.39, 0.29) is 0 Å². The molecule has 0 radical (unpaired) electrons. The highest BCUT2D eigenvalue weighted by Crippen LogP contribution is 2.20. The van der Waals surface area contributed by atoms with Crippen LogP contribution in [-0.4, -0.2) is 26.2 Å². The second kappa shape index (κ2) is 7.61. The van der Waals surface area contributed by atoms with Gasteiger partial charge in [0.05, 0.1) is 13.2 Å². The predicted octanol–water partition coefficient (Wildman–Crippen LogP) is 1.07. The van der Waals surface area contributed by atoms with Crippen LogP contribution < -0.4 is 16.6 Å². The SMILES string of the molecule is COCCNC(=NCc1cc(Br)cs1)NN. The summed E-state index contributed by atoms with van der Waals surface area (Å²) in [4.78, 5) is 5.48. The molecule has 0 atom stereocenters. The Morgan fingerprint density at radius 1 is 1.69 bits per heavy atom. The van der Waals surface area contributed by atoms with Crippen LogP contribution in [0.3, 0.4) is 0 Å². The molecule has 0 bridgehead atoms. The first-order chi connectivity index (χ1) is 7.76. The smallest absolute Gasteiger partial charge is 0.206 e. The summed E-state index contributed by atoms with van der Waals surface area (Å²) in [5.74, 6) is 5.91. The molecule has 16 heavy (non-hydrogen) atoms. The molecule has 0 aliphatic carbocycles. The number of methoxy groups -OCH3 is 1. The van der Waals surface area contributed by atoms with Crippen LogP contribution >= 0.6 is 27.3 Å². The van der Waals surface area contributed by atoms with Gasteiger partial charge in [-0.15, -0.1) is 11.3 Å². The van der Waals surface area contributed by atoms with Crippen molar-refractivity contribution in [3.05, 3.63) is 20.8 Å². The monoisotopic (exact) mass is 306 g/mol. The van der Waals surface area contributed by atoms with Crippen molar-refractivity contribution < 1.29 is 4.74 Å². The van der Waals surface area contributed by atoms with Gasteiger partial charge in [0.15, 0.2) is 0 Å². The van der Waals surface area contributed by atoms with Crippen LogP contribution in [0.15, 0.2) is 20.9 Å². The molecule has 0 fully saturated rings. The molecule has 0 saturated carbocycles. The topological polar surface area (TPSA) is 71.7 Å². The Labute approximate surface area is 107 Å². The molecule has 4 N–H and O–H groups in total. The number of hydrogen-bond acceptors (Lipinski definition) is 4. The van der Waals surface area contributed by atoms with Crippen LogP contribution in [0.4, 0.5) is 0 Å². The number of nitrogens with one attached hydrogen (secondary N) is 2. The largest absolute Gasteiger partial charge is 0.383 e. The highest BCUT2D eigenvalue weighted by atomic mass is 79.9. The van der Waals surface area contributed by atoms with E-state index >= 15 is 0 Å². The number of hydrazine groups is 1. The van der Waals surface area contributed by atoms with Crippen molar-refractivity contribution in [3.8, 4) is 0 Å². The first kappa shape index (κ1) is 13.4. The molecule has 0 spiro atoms. The third kappa shape index (κ3) is 4.93. The van der Waals surface area contributed by atoms with E-state index in [0.717, 1.165) is 4.47 Å². The molecule has 0 aromatic carbocycles. The van der Waals surface area contributed by atoms with Crippen molar-refractivity contribution in [3.63, 3.8) is 0 Å². The zero-order valence-electron chi connectivity index (χ0n) is 9.00. The molecule has 1 rings (SSSR count). The maximum atomic E-state index is 5.33. The summed E-state index contributed by atoms with van der Waals surface area (Å²) in [7, 11) is 1.65. The number of hydrogen-bond donors (Lipinski definition) is 3. The van der Waals surface area contributed by atoms with E-state index in [1.54, 1.807) is 18.4 Å². The predicted molar refractivity (Wildman–Crippen MR) is 70.4 cm³/mol. The summed E-state index contributed by atoms with van der Waals surface area (Å²) in [6.07, 6.45) is 0. The van der Waals surface area contributed by atoms with Crippen LogP contribution in [0.1, 0.15) is 4.88 Å². The molecule has 1 aromatic rings. The highest BCUT2D eigenvalue weighted by molar-refractivity contribution is 9.10. The lowest BCUT2D eigenvalue weighted by Crippen LogP contribution is -2.42. The third-order valence-corrected chi connectivity index (χ3v) is 3.43. The highest BCUT2D eigenvalue weighted by Gasteiger charge is 1.98. The molecule has 0 aliphatic rings. The van der Waals surface area contributed by atoms with Crippen LogP contribution in [0.25, 0.3) is 0 Å². The van der Waals surface area contributed by atoms with E-state index in [9.17, 15) is 0 Å². The minimum Gasteiger partial charge on any atom is -0.383 e. The molecule has 0 amide bonds. The molecule has 7 heteroatoms. The van der Waals surface area contributed by atoms with Gasteiger partial charge in [-0.2, -0.15) is 0 Å². The fourth-order valence-corrected chi connectivity index (χ4v) is 2.39. The number of guanidine groups is 1. The van der Waals surface area contributed by atoms with Crippen molar-refractivity contribution in [2.24, 2.45) is 10.8 Å². The van der Waals surface area contributed by atoms with Crippen molar-refractivity contribution in [1.82, 2.24) is 10.7 Å². The van der Waals surface area contributed by atoms with E-state index in [4.69, 9.17) is 10.6 Å². The fourth-order valence-electron chi connectivity index (χ4n) is 1.02. The summed E-state index contributed by atoms with van der Waals surface area (Å²) in [5, 5.41) is 5.06. The lowest BCUT2D eigenvalue weighted by atomic mass is 10.5. The van der Waals surface area contributed by atoms with Gasteiger partial charge in [-0.3, -0.25) is 5.43 Å². The number of nitrogens with zero attached hydrogens (tertiary/aromatic N) is 1. The summed E-state index contributed by atoms with van der Waals surface area (Å²) in [6.45, 7) is 1.90. The molecular weight excluding hydrogens is 292 g/mol. The molecular formula is C9H15BrN4OS. The standard InChI is InChI=1S/C9H15BrN4OS/c1-15-3-2-12-9(14-11)13-5-8-4-7(10)6-16-8/h4,6H,2-3,5,11H2,1H3,(H2,12,13,14). The van der Waals surface area contributed by atoms with E-state index in [2.05, 4.69) is 31.7 Å². The number of thiophene rings is 1. The quantitative estimate of drug-likeness (QED) is 0.250. The Kier molecular flexibility index (Phi) is 6.39. The third-order valence-electron chi connectivity index (χ3n) is 1.75. The van der Waals surface area contributed by atoms with Gasteiger partial charge in [-0.1, -0.05) is 0 Å². The maximum Gasteiger partial charge on any atom is 0.206 e. The van der Waals surface area contributed by atoms with Gasteiger partial charge >= 0.3 is 0 Å². The van der Waals surface area contributed by atoms with Gasteiger partial charge in [0.1, 0.15) is 0 Å². The molecule has 90 valence electrons.